The molecular formula is C19H20FN3OS. The number of amides is 1. The molecule has 3 heterocycles. The lowest BCUT2D eigenvalue weighted by Gasteiger charge is -2.33. The van der Waals surface area contributed by atoms with Crippen molar-refractivity contribution in [2.45, 2.75) is 39.2 Å². The molecule has 1 aliphatic heterocycles. The summed E-state index contributed by atoms with van der Waals surface area (Å²) in [6, 6.07) is 6.60. The van der Waals surface area contributed by atoms with Crippen LogP contribution in [-0.4, -0.2) is 32.8 Å². The highest BCUT2D eigenvalue weighted by Gasteiger charge is 2.27. The van der Waals surface area contributed by atoms with Crippen molar-refractivity contribution in [2.24, 2.45) is 0 Å². The van der Waals surface area contributed by atoms with Crippen molar-refractivity contribution in [1.29, 1.82) is 0 Å². The number of aryl methyl sites for hydroxylation is 1. The number of aromatic nitrogens is 2. The van der Waals surface area contributed by atoms with Gasteiger partial charge in [0.05, 0.1) is 5.69 Å². The van der Waals surface area contributed by atoms with Crippen molar-refractivity contribution in [3.63, 3.8) is 0 Å². The third-order valence-electron chi connectivity index (χ3n) is 4.95. The van der Waals surface area contributed by atoms with Crippen LogP contribution in [0.25, 0.3) is 16.2 Å². The molecule has 0 spiro atoms. The maximum absolute atomic E-state index is 13.1. The number of carbonyl (C=O) groups is 1. The van der Waals surface area contributed by atoms with E-state index in [9.17, 15) is 9.18 Å². The van der Waals surface area contributed by atoms with E-state index in [-0.39, 0.29) is 11.7 Å². The van der Waals surface area contributed by atoms with Crippen LogP contribution in [0.1, 0.15) is 41.6 Å². The summed E-state index contributed by atoms with van der Waals surface area (Å²) >= 11 is 1.43. The SMILES string of the molecule is Cc1c(C(=O)N2CCCC[C@H]2C)sc2nc(-c3ccc(F)cc3)cn12. The molecule has 1 fully saturated rings. The van der Waals surface area contributed by atoms with Crippen LogP contribution in [-0.2, 0) is 0 Å². The fraction of sp³-hybridized carbons (Fsp3) is 0.368. The zero-order valence-corrected chi connectivity index (χ0v) is 15.1. The fourth-order valence-corrected chi connectivity index (χ4v) is 4.50. The summed E-state index contributed by atoms with van der Waals surface area (Å²) in [6.07, 6.45) is 5.26. The number of piperidine rings is 1. The topological polar surface area (TPSA) is 37.6 Å². The second-order valence-electron chi connectivity index (χ2n) is 6.65. The Balaban J connectivity index is 1.68. The van der Waals surface area contributed by atoms with E-state index in [2.05, 4.69) is 11.9 Å². The third-order valence-corrected chi connectivity index (χ3v) is 6.10. The fourth-order valence-electron chi connectivity index (χ4n) is 3.44. The van der Waals surface area contributed by atoms with Crippen LogP contribution in [0.5, 0.6) is 0 Å². The lowest BCUT2D eigenvalue weighted by atomic mass is 10.0. The Hall–Kier alpha value is -2.21. The molecule has 0 N–H and O–H groups in total. The zero-order chi connectivity index (χ0) is 17.6. The van der Waals surface area contributed by atoms with Crippen molar-refractivity contribution in [3.8, 4) is 11.3 Å². The van der Waals surface area contributed by atoms with Gasteiger partial charge in [0.1, 0.15) is 10.7 Å². The molecule has 1 amide bonds. The second kappa shape index (κ2) is 6.26. The second-order valence-corrected chi connectivity index (χ2v) is 7.62. The van der Waals surface area contributed by atoms with Gasteiger partial charge in [0.2, 0.25) is 0 Å². The average molecular weight is 357 g/mol. The summed E-state index contributed by atoms with van der Waals surface area (Å²) < 4.78 is 15.1. The molecule has 4 rings (SSSR count). The number of carbonyl (C=O) groups excluding carboxylic acids is 1. The van der Waals surface area contributed by atoms with E-state index in [0.29, 0.717) is 6.04 Å². The number of likely N-dealkylation sites (tertiary alicyclic amines) is 1. The largest absolute Gasteiger partial charge is 0.335 e. The first kappa shape index (κ1) is 16.3. The summed E-state index contributed by atoms with van der Waals surface area (Å²) in [5, 5.41) is 0. The van der Waals surface area contributed by atoms with Crippen LogP contribution in [0.3, 0.4) is 0 Å². The molecular weight excluding hydrogens is 337 g/mol. The van der Waals surface area contributed by atoms with Gasteiger partial charge in [-0.05, 0) is 57.4 Å². The predicted molar refractivity (Wildman–Crippen MR) is 97.5 cm³/mol. The standard InChI is InChI=1S/C19H20FN3OS/c1-12-5-3-4-10-22(12)18(24)17-13(2)23-11-16(21-19(23)25-17)14-6-8-15(20)9-7-14/h6-9,11-12H,3-5,10H2,1-2H3/t12-/m1/s1. The maximum Gasteiger partial charge on any atom is 0.266 e. The number of thiazole rings is 1. The Morgan fingerprint density at radius 1 is 1.28 bits per heavy atom. The van der Waals surface area contributed by atoms with Gasteiger partial charge in [0.25, 0.3) is 5.91 Å². The van der Waals surface area contributed by atoms with E-state index in [0.717, 1.165) is 46.2 Å². The summed E-state index contributed by atoms with van der Waals surface area (Å²) in [5.74, 6) is -0.145. The molecule has 1 aliphatic rings. The van der Waals surface area contributed by atoms with Crippen LogP contribution in [0.2, 0.25) is 0 Å². The molecule has 0 bridgehead atoms. The minimum Gasteiger partial charge on any atom is -0.335 e. The average Bonchev–Trinajstić information content (AvgIpc) is 3.15. The Morgan fingerprint density at radius 2 is 2.04 bits per heavy atom. The Labute approximate surface area is 149 Å². The molecule has 0 aliphatic carbocycles. The molecule has 0 radical (unpaired) electrons. The third kappa shape index (κ3) is 2.84. The van der Waals surface area contributed by atoms with Gasteiger partial charge in [0, 0.05) is 30.0 Å². The molecule has 4 nitrogen and oxygen atoms in total. The number of benzene rings is 1. The Morgan fingerprint density at radius 3 is 2.72 bits per heavy atom. The van der Waals surface area contributed by atoms with Crippen molar-refractivity contribution >= 4 is 22.2 Å². The quantitative estimate of drug-likeness (QED) is 0.676. The van der Waals surface area contributed by atoms with E-state index in [1.165, 1.54) is 29.9 Å². The minimum absolute atomic E-state index is 0.114. The van der Waals surface area contributed by atoms with Gasteiger partial charge in [0.15, 0.2) is 4.96 Å². The van der Waals surface area contributed by atoms with E-state index >= 15 is 0 Å². The summed E-state index contributed by atoms with van der Waals surface area (Å²) in [4.78, 5) is 21.1. The first-order valence-electron chi connectivity index (χ1n) is 8.60. The molecule has 130 valence electrons. The summed E-state index contributed by atoms with van der Waals surface area (Å²) in [5.41, 5.74) is 2.58. The van der Waals surface area contributed by atoms with Gasteiger partial charge in [-0.15, -0.1) is 0 Å². The highest BCUT2D eigenvalue weighted by atomic mass is 32.1. The number of nitrogens with zero attached hydrogens (tertiary/aromatic N) is 3. The minimum atomic E-state index is -0.260. The Kier molecular flexibility index (Phi) is 4.07. The van der Waals surface area contributed by atoms with Crippen molar-refractivity contribution in [3.05, 3.63) is 46.9 Å². The molecule has 6 heteroatoms. The molecule has 0 saturated carbocycles. The molecule has 1 aromatic carbocycles. The van der Waals surface area contributed by atoms with Crippen LogP contribution in [0.15, 0.2) is 30.5 Å². The maximum atomic E-state index is 13.1. The lowest BCUT2D eigenvalue weighted by molar-refractivity contribution is 0.0639. The van der Waals surface area contributed by atoms with Gasteiger partial charge < -0.3 is 4.90 Å². The van der Waals surface area contributed by atoms with Gasteiger partial charge >= 0.3 is 0 Å². The molecule has 0 unspecified atom stereocenters. The van der Waals surface area contributed by atoms with E-state index in [1.807, 2.05) is 22.4 Å². The number of hydrogen-bond donors (Lipinski definition) is 0. The van der Waals surface area contributed by atoms with E-state index in [1.54, 1.807) is 12.1 Å². The van der Waals surface area contributed by atoms with E-state index < -0.39 is 0 Å². The first-order chi connectivity index (χ1) is 12.0. The van der Waals surface area contributed by atoms with Gasteiger partial charge in [-0.1, -0.05) is 11.3 Å². The zero-order valence-electron chi connectivity index (χ0n) is 14.3. The smallest absolute Gasteiger partial charge is 0.266 e. The Bertz CT molecular complexity index is 928. The summed E-state index contributed by atoms with van der Waals surface area (Å²) in [6.45, 7) is 4.92. The van der Waals surface area contributed by atoms with Crippen molar-refractivity contribution in [1.82, 2.24) is 14.3 Å². The molecule has 1 atom stereocenters. The predicted octanol–water partition coefficient (Wildman–Crippen LogP) is 4.52. The van der Waals surface area contributed by atoms with E-state index in [4.69, 9.17) is 0 Å². The van der Waals surface area contributed by atoms with Crippen LogP contribution in [0.4, 0.5) is 4.39 Å². The number of hydrogen-bond acceptors (Lipinski definition) is 3. The first-order valence-corrected chi connectivity index (χ1v) is 9.41. The lowest BCUT2D eigenvalue weighted by Crippen LogP contribution is -2.41. The van der Waals surface area contributed by atoms with Crippen molar-refractivity contribution in [2.75, 3.05) is 6.54 Å². The molecule has 1 saturated heterocycles. The van der Waals surface area contributed by atoms with Crippen LogP contribution >= 0.6 is 11.3 Å². The monoisotopic (exact) mass is 357 g/mol. The number of halogens is 1. The van der Waals surface area contributed by atoms with Gasteiger partial charge in [-0.3, -0.25) is 9.20 Å². The summed E-state index contributed by atoms with van der Waals surface area (Å²) in [7, 11) is 0. The van der Waals surface area contributed by atoms with Crippen LogP contribution in [0, 0.1) is 12.7 Å². The molecule has 2 aromatic heterocycles. The van der Waals surface area contributed by atoms with Gasteiger partial charge in [-0.25, -0.2) is 9.37 Å². The number of rotatable bonds is 2. The van der Waals surface area contributed by atoms with Gasteiger partial charge in [-0.2, -0.15) is 0 Å². The van der Waals surface area contributed by atoms with Crippen molar-refractivity contribution < 1.29 is 9.18 Å². The highest BCUT2D eigenvalue weighted by molar-refractivity contribution is 7.19. The normalized spacial score (nSPS) is 18.0. The molecule has 3 aromatic rings. The van der Waals surface area contributed by atoms with Crippen LogP contribution < -0.4 is 0 Å². The highest BCUT2D eigenvalue weighted by Crippen LogP contribution is 2.29. The number of fused-ring (bicyclic) bond motifs is 1. The molecule has 25 heavy (non-hydrogen) atoms. The number of imidazole rings is 1.